The number of hydrogen-bond acceptors (Lipinski definition) is 14. The lowest BCUT2D eigenvalue weighted by molar-refractivity contribution is -0.143. The molecule has 2 saturated carbocycles. The number of piperazine rings is 1. The number of likely N-dealkylation sites (tertiary alicyclic amines) is 1. The van der Waals surface area contributed by atoms with Gasteiger partial charge in [0.05, 0.1) is 41.6 Å². The molecule has 4 heterocycles. The molecule has 2 aromatic carbocycles. The summed E-state index contributed by atoms with van der Waals surface area (Å²) in [5.74, 6) is 0.291. The molecule has 5 N–H and O–H groups in total. The maximum absolute atomic E-state index is 15.7. The summed E-state index contributed by atoms with van der Waals surface area (Å²) in [5, 5.41) is 22.5. The van der Waals surface area contributed by atoms with Crippen LogP contribution in [0.1, 0.15) is 74.0 Å². The molecular formula is C50H63ClF2N10O6S2. The van der Waals surface area contributed by atoms with E-state index >= 15 is 8.78 Å². The smallest absolute Gasteiger partial charge is 0.258 e. The highest BCUT2D eigenvalue weighted by Crippen LogP contribution is 2.42. The molecule has 4 amide bonds. The lowest BCUT2D eigenvalue weighted by atomic mass is 9.82. The first-order valence-corrected chi connectivity index (χ1v) is 26.4. The maximum atomic E-state index is 15.7. The zero-order valence-electron chi connectivity index (χ0n) is 40.7. The molecule has 16 nitrogen and oxygen atoms in total. The summed E-state index contributed by atoms with van der Waals surface area (Å²) >= 11 is 9.16. The Morgan fingerprint density at radius 2 is 1.73 bits per heavy atom. The van der Waals surface area contributed by atoms with Crippen LogP contribution >= 0.6 is 34.7 Å². The largest absolute Gasteiger partial charge is 0.495 e. The van der Waals surface area contributed by atoms with Gasteiger partial charge in [-0.3, -0.25) is 24.1 Å². The zero-order chi connectivity index (χ0) is 50.6. The van der Waals surface area contributed by atoms with Gasteiger partial charge in [0.15, 0.2) is 11.8 Å². The summed E-state index contributed by atoms with van der Waals surface area (Å²) in [4.78, 5) is 74.3. The van der Waals surface area contributed by atoms with Crippen molar-refractivity contribution in [1.82, 2.24) is 40.3 Å². The standard InChI is InChI=1S/C50H63ClF2N10O6S2/c1-29-41(70-28-57-29)33-12-10-30(11-13-33)23-55-44(65)40-39(52)37(64)26-63(40)46(67)42(59-47(68)50(53)16-17-50)49(2,3)71-27-32-8-6-31(7-9-32)25-61-18-20-62(21-19-61)45(66)34-14-15-36(38(22-34)69-5)58-48-56-24-35(51)43(54-4)60-48/h10-15,22,24,28,31-32,37,39-40,42,64H,6-9,16-21,23,25-27H2,1-5H3,(H,55,65)(H,59,68)(H2,54,56,58,60)/t31?,32?,37-,39-,40?,42+/m0/s1. The highest BCUT2D eigenvalue weighted by atomic mass is 35.5. The third-order valence-corrected chi connectivity index (χ3v) is 17.1. The van der Waals surface area contributed by atoms with Crippen molar-refractivity contribution in [2.45, 2.75) is 101 Å². The number of nitrogens with one attached hydrogen (secondary N) is 4. The van der Waals surface area contributed by atoms with E-state index in [2.05, 4.69) is 41.1 Å². The monoisotopic (exact) mass is 1040 g/mol. The van der Waals surface area contributed by atoms with Crippen LogP contribution < -0.4 is 26.0 Å². The summed E-state index contributed by atoms with van der Waals surface area (Å²) in [5.41, 5.74) is 3.47. The van der Waals surface area contributed by atoms with E-state index in [1.807, 2.05) is 36.1 Å². The number of aliphatic hydroxyl groups is 1. The highest BCUT2D eigenvalue weighted by Gasteiger charge is 2.55. The van der Waals surface area contributed by atoms with Gasteiger partial charge in [-0.15, -0.1) is 11.3 Å². The first-order valence-electron chi connectivity index (χ1n) is 24.2. The minimum absolute atomic E-state index is 0.0412. The van der Waals surface area contributed by atoms with E-state index in [1.165, 1.54) is 29.3 Å². The van der Waals surface area contributed by atoms with Crippen LogP contribution in [0.15, 0.2) is 54.2 Å². The number of hydrogen-bond donors (Lipinski definition) is 5. The lowest BCUT2D eigenvalue weighted by Gasteiger charge is -2.40. The average Bonchev–Trinajstić information content (AvgIpc) is 3.87. The van der Waals surface area contributed by atoms with Crippen molar-refractivity contribution in [2.24, 2.45) is 11.8 Å². The maximum Gasteiger partial charge on any atom is 0.258 e. The first-order chi connectivity index (χ1) is 34.0. The van der Waals surface area contributed by atoms with Gasteiger partial charge >= 0.3 is 0 Å². The number of amides is 4. The SMILES string of the molecule is CNc1nc(Nc2ccc(C(=O)N3CCN(CC4CCC(CSC(C)(C)[C@H](NC(=O)C5(F)CC5)C(=O)N5C[C@H](O)[C@H](F)C5C(=O)NCc5ccc(-c6scnc6C)cc5)CC4)CC3)cc2OC)ncc1Cl. The molecule has 21 heteroatoms. The Balaban J connectivity index is 0.818. The summed E-state index contributed by atoms with van der Waals surface area (Å²) in [7, 11) is 3.26. The van der Waals surface area contributed by atoms with Crippen LogP contribution in [-0.4, -0.2) is 152 Å². The van der Waals surface area contributed by atoms with Crippen molar-refractivity contribution in [1.29, 1.82) is 0 Å². The third-order valence-electron chi connectivity index (χ3n) is 14.2. The number of benzene rings is 2. The molecule has 0 bridgehead atoms. The molecule has 0 spiro atoms. The number of anilines is 3. The molecule has 2 aromatic heterocycles. The van der Waals surface area contributed by atoms with Crippen molar-refractivity contribution in [3.8, 4) is 16.2 Å². The van der Waals surface area contributed by atoms with Crippen LogP contribution in [0.2, 0.25) is 5.02 Å². The second-order valence-electron chi connectivity index (χ2n) is 19.6. The van der Waals surface area contributed by atoms with E-state index in [0.29, 0.717) is 64.5 Å². The van der Waals surface area contributed by atoms with Gasteiger partial charge in [0.25, 0.3) is 11.8 Å². The molecule has 2 saturated heterocycles. The molecule has 2 aliphatic heterocycles. The van der Waals surface area contributed by atoms with Gasteiger partial charge in [-0.1, -0.05) is 35.9 Å². The molecule has 4 atom stereocenters. The number of β-amino-alcohol motifs (C(OH)–C–C–N with tert-alkyl or cyclic N) is 1. The van der Waals surface area contributed by atoms with Gasteiger partial charge < -0.3 is 40.9 Å². The fourth-order valence-corrected chi connectivity index (χ4v) is 11.9. The molecule has 2 aliphatic carbocycles. The Kier molecular flexibility index (Phi) is 16.4. The van der Waals surface area contributed by atoms with Crippen molar-refractivity contribution in [3.05, 3.63) is 76.0 Å². The van der Waals surface area contributed by atoms with Crippen LogP contribution in [0.25, 0.3) is 10.4 Å². The molecule has 4 aromatic rings. The number of carbonyl (C=O) groups excluding carboxylic acids is 4. The Labute approximate surface area is 426 Å². The molecule has 8 rings (SSSR count). The topological polar surface area (TPSA) is 194 Å². The number of thiazole rings is 1. The highest BCUT2D eigenvalue weighted by molar-refractivity contribution is 8.00. The number of nitrogens with zero attached hydrogens (tertiary/aromatic N) is 6. The Morgan fingerprint density at radius 3 is 2.38 bits per heavy atom. The molecular weight excluding hydrogens is 974 g/mol. The molecule has 4 aliphatic rings. The van der Waals surface area contributed by atoms with Crippen molar-refractivity contribution < 1.29 is 37.8 Å². The van der Waals surface area contributed by atoms with Gasteiger partial charge in [-0.05, 0) is 106 Å². The molecule has 382 valence electrons. The predicted molar refractivity (Wildman–Crippen MR) is 273 cm³/mol. The van der Waals surface area contributed by atoms with Gasteiger partial charge in [0.1, 0.15) is 34.8 Å². The number of aryl methyl sites for hydroxylation is 1. The van der Waals surface area contributed by atoms with E-state index < -0.39 is 59.0 Å². The minimum Gasteiger partial charge on any atom is -0.495 e. The predicted octanol–water partition coefficient (Wildman–Crippen LogP) is 6.64. The second-order valence-corrected chi connectivity index (χ2v) is 22.5. The molecule has 4 fully saturated rings. The first kappa shape index (κ1) is 52.2. The van der Waals surface area contributed by atoms with Crippen molar-refractivity contribution in [3.63, 3.8) is 0 Å². The van der Waals surface area contributed by atoms with Crippen LogP contribution in [0.5, 0.6) is 5.75 Å². The number of carbonyl (C=O) groups is 4. The summed E-state index contributed by atoms with van der Waals surface area (Å²) in [6.07, 6.45) is 1.86. The fourth-order valence-electron chi connectivity index (χ4n) is 9.58. The number of alkyl halides is 2. The molecule has 1 unspecified atom stereocenters. The van der Waals surface area contributed by atoms with Crippen LogP contribution in [0, 0.1) is 18.8 Å². The number of rotatable bonds is 18. The zero-order valence-corrected chi connectivity index (χ0v) is 43.1. The van der Waals surface area contributed by atoms with Crippen LogP contribution in [-0.2, 0) is 20.9 Å². The van der Waals surface area contributed by atoms with E-state index in [1.54, 1.807) is 51.7 Å². The normalized spacial score (nSPS) is 22.6. The fraction of sp³-hybridized carbons (Fsp3) is 0.540. The van der Waals surface area contributed by atoms with Crippen LogP contribution in [0.4, 0.5) is 26.2 Å². The Morgan fingerprint density at radius 1 is 1.03 bits per heavy atom. The number of ether oxygens (including phenoxy) is 1. The summed E-state index contributed by atoms with van der Waals surface area (Å²) in [6, 6.07) is 9.84. The summed E-state index contributed by atoms with van der Waals surface area (Å²) in [6.45, 7) is 8.81. The molecule has 0 radical (unpaired) electrons. The number of methoxy groups -OCH3 is 1. The third kappa shape index (κ3) is 12.2. The second kappa shape index (κ2) is 22.3. The Bertz CT molecular complexity index is 2560. The quantitative estimate of drug-likeness (QED) is 0.0713. The number of aliphatic hydroxyl groups excluding tert-OH is 1. The lowest BCUT2D eigenvalue weighted by Crippen LogP contribution is -2.61. The van der Waals surface area contributed by atoms with E-state index in [4.69, 9.17) is 16.3 Å². The van der Waals surface area contributed by atoms with Crippen molar-refractivity contribution in [2.75, 3.05) is 69.8 Å². The number of halogens is 3. The average molecular weight is 1040 g/mol. The number of thioether (sulfide) groups is 1. The van der Waals surface area contributed by atoms with Gasteiger partial charge in [-0.25, -0.2) is 18.7 Å². The van der Waals surface area contributed by atoms with E-state index in [0.717, 1.165) is 71.9 Å². The van der Waals surface area contributed by atoms with Gasteiger partial charge in [-0.2, -0.15) is 16.7 Å². The van der Waals surface area contributed by atoms with E-state index in [-0.39, 0.29) is 25.3 Å². The van der Waals surface area contributed by atoms with Crippen molar-refractivity contribution >= 4 is 75.8 Å². The van der Waals surface area contributed by atoms with Gasteiger partial charge in [0, 0.05) is 56.6 Å². The summed E-state index contributed by atoms with van der Waals surface area (Å²) < 4.78 is 35.5. The van der Waals surface area contributed by atoms with E-state index in [9.17, 15) is 24.3 Å². The molecule has 71 heavy (non-hydrogen) atoms. The minimum atomic E-state index is -2.08. The Hall–Kier alpha value is -5.15. The van der Waals surface area contributed by atoms with Crippen LogP contribution in [0.3, 0.4) is 0 Å². The van der Waals surface area contributed by atoms with Gasteiger partial charge in [0.2, 0.25) is 17.8 Å². The number of aromatic nitrogens is 3.